The molecule has 1 saturated heterocycles. The number of rotatable bonds is 4. The van der Waals surface area contributed by atoms with Crippen LogP contribution in [-0.4, -0.2) is 37.6 Å². The molecule has 0 unspecified atom stereocenters. The Balaban J connectivity index is 1.65. The molecule has 0 aliphatic carbocycles. The molecule has 1 fully saturated rings. The number of furan rings is 1. The summed E-state index contributed by atoms with van der Waals surface area (Å²) in [5.74, 6) is -2.74. The van der Waals surface area contributed by atoms with Gasteiger partial charge in [0.15, 0.2) is 5.76 Å². The minimum atomic E-state index is -3.80. The normalized spacial score (nSPS) is 15.3. The number of benzene rings is 1. The van der Waals surface area contributed by atoms with Gasteiger partial charge in [-0.2, -0.15) is 4.31 Å². The highest BCUT2D eigenvalue weighted by molar-refractivity contribution is 7.89. The van der Waals surface area contributed by atoms with Gasteiger partial charge in [0.05, 0.1) is 5.56 Å². The van der Waals surface area contributed by atoms with Crippen molar-refractivity contribution in [1.29, 1.82) is 0 Å². The Morgan fingerprint density at radius 1 is 0.963 bits per heavy atom. The zero-order valence-electron chi connectivity index (χ0n) is 14.3. The predicted octanol–water partition coefficient (Wildman–Crippen LogP) is 1.67. The third kappa shape index (κ3) is 4.17. The van der Waals surface area contributed by atoms with Gasteiger partial charge in [-0.05, 0) is 37.1 Å². The predicted molar refractivity (Wildman–Crippen MR) is 92.7 cm³/mol. The van der Waals surface area contributed by atoms with Gasteiger partial charge in [-0.15, -0.1) is 0 Å². The summed E-state index contributed by atoms with van der Waals surface area (Å²) in [6, 6.07) is 7.66. The second-order valence-electron chi connectivity index (χ2n) is 5.97. The lowest BCUT2D eigenvalue weighted by Gasteiger charge is -2.24. The molecule has 2 N–H and O–H groups in total. The number of amides is 2. The third-order valence-corrected chi connectivity index (χ3v) is 5.90. The average Bonchev–Trinajstić information content (AvgIpc) is 3.18. The fourth-order valence-corrected chi connectivity index (χ4v) is 4.13. The highest BCUT2D eigenvalue weighted by Gasteiger charge is 2.29. The van der Waals surface area contributed by atoms with Crippen LogP contribution in [0.15, 0.2) is 45.9 Å². The maximum absolute atomic E-state index is 13.5. The molecule has 2 amide bonds. The smallest absolute Gasteiger partial charge is 0.305 e. The van der Waals surface area contributed by atoms with Crippen molar-refractivity contribution in [2.75, 3.05) is 13.1 Å². The number of hydrogen-bond donors (Lipinski definition) is 2. The number of carbonyl (C=O) groups is 2. The first kappa shape index (κ1) is 19.1. The molecule has 1 aliphatic rings. The summed E-state index contributed by atoms with van der Waals surface area (Å²) in [4.78, 5) is 23.9. The van der Waals surface area contributed by atoms with Crippen LogP contribution >= 0.6 is 0 Å². The summed E-state index contributed by atoms with van der Waals surface area (Å²) in [5.41, 5.74) is 3.87. The second kappa shape index (κ2) is 7.89. The molecule has 0 atom stereocenters. The van der Waals surface area contributed by atoms with Crippen LogP contribution in [0.2, 0.25) is 0 Å². The molecule has 8 nitrogen and oxygen atoms in total. The van der Waals surface area contributed by atoms with E-state index < -0.39 is 27.7 Å². The maximum Gasteiger partial charge on any atom is 0.305 e. The lowest BCUT2D eigenvalue weighted by atomic mass is 10.2. The molecule has 27 heavy (non-hydrogen) atoms. The Morgan fingerprint density at radius 3 is 2.33 bits per heavy atom. The van der Waals surface area contributed by atoms with E-state index in [0.29, 0.717) is 13.1 Å². The molecule has 0 radical (unpaired) electrons. The van der Waals surface area contributed by atoms with Crippen LogP contribution in [0.25, 0.3) is 0 Å². The van der Waals surface area contributed by atoms with Gasteiger partial charge in [0, 0.05) is 13.1 Å². The van der Waals surface area contributed by atoms with E-state index in [1.54, 1.807) is 0 Å². The SMILES string of the molecule is O=C(NNC(=O)c1ccccc1F)c1ccc(S(=O)(=O)N2CCCCC2)o1. The highest BCUT2D eigenvalue weighted by Crippen LogP contribution is 2.22. The average molecular weight is 395 g/mol. The molecular formula is C17H18FN3O5S. The lowest BCUT2D eigenvalue weighted by Crippen LogP contribution is -2.41. The van der Waals surface area contributed by atoms with Crippen LogP contribution in [0.3, 0.4) is 0 Å². The van der Waals surface area contributed by atoms with E-state index in [9.17, 15) is 22.4 Å². The maximum atomic E-state index is 13.5. The molecular weight excluding hydrogens is 377 g/mol. The zero-order chi connectivity index (χ0) is 19.4. The molecule has 2 heterocycles. The first-order valence-corrected chi connectivity index (χ1v) is 9.79. The largest absolute Gasteiger partial charge is 0.438 e. The number of hydrogen-bond acceptors (Lipinski definition) is 5. The van der Waals surface area contributed by atoms with Gasteiger partial charge in [0.1, 0.15) is 5.82 Å². The Labute approximate surface area is 155 Å². The molecule has 2 aromatic rings. The molecule has 0 saturated carbocycles. The summed E-state index contributed by atoms with van der Waals surface area (Å²) in [5, 5.41) is -0.338. The number of nitrogens with zero attached hydrogens (tertiary/aromatic N) is 1. The van der Waals surface area contributed by atoms with Gasteiger partial charge in [-0.3, -0.25) is 20.4 Å². The molecule has 1 aromatic heterocycles. The van der Waals surface area contributed by atoms with Crippen LogP contribution in [0.1, 0.15) is 40.2 Å². The molecule has 10 heteroatoms. The highest BCUT2D eigenvalue weighted by atomic mass is 32.2. The van der Waals surface area contributed by atoms with E-state index in [1.807, 2.05) is 0 Å². The molecule has 1 aliphatic heterocycles. The topological polar surface area (TPSA) is 109 Å². The van der Waals surface area contributed by atoms with Crippen molar-refractivity contribution in [1.82, 2.24) is 15.2 Å². The number of nitrogens with one attached hydrogen (secondary N) is 2. The van der Waals surface area contributed by atoms with Crippen molar-refractivity contribution < 1.29 is 26.8 Å². The number of halogens is 1. The summed E-state index contributed by atoms with van der Waals surface area (Å²) < 4.78 is 45.0. The fraction of sp³-hybridized carbons (Fsp3) is 0.294. The fourth-order valence-electron chi connectivity index (χ4n) is 2.70. The quantitative estimate of drug-likeness (QED) is 0.766. The van der Waals surface area contributed by atoms with Gasteiger partial charge >= 0.3 is 5.91 Å². The summed E-state index contributed by atoms with van der Waals surface area (Å²) in [7, 11) is -3.80. The van der Waals surface area contributed by atoms with Crippen LogP contribution in [-0.2, 0) is 10.0 Å². The van der Waals surface area contributed by atoms with Crippen LogP contribution < -0.4 is 10.9 Å². The van der Waals surface area contributed by atoms with Crippen LogP contribution in [0.5, 0.6) is 0 Å². The first-order chi connectivity index (χ1) is 12.9. The number of carbonyl (C=O) groups excluding carboxylic acids is 2. The van der Waals surface area contributed by atoms with Crippen molar-refractivity contribution >= 4 is 21.8 Å². The van der Waals surface area contributed by atoms with Crippen molar-refractivity contribution in [2.45, 2.75) is 24.4 Å². The Bertz CT molecular complexity index is 951. The van der Waals surface area contributed by atoms with E-state index in [1.165, 1.54) is 34.6 Å². The van der Waals surface area contributed by atoms with Gasteiger partial charge in [-0.25, -0.2) is 12.8 Å². The first-order valence-electron chi connectivity index (χ1n) is 8.35. The van der Waals surface area contributed by atoms with Crippen LogP contribution in [0.4, 0.5) is 4.39 Å². The van der Waals surface area contributed by atoms with Gasteiger partial charge in [0.25, 0.3) is 15.9 Å². The monoisotopic (exact) mass is 395 g/mol. The lowest BCUT2D eigenvalue weighted by molar-refractivity contribution is 0.0825. The van der Waals surface area contributed by atoms with E-state index in [0.717, 1.165) is 25.3 Å². The van der Waals surface area contributed by atoms with E-state index in [4.69, 9.17) is 4.42 Å². The van der Waals surface area contributed by atoms with E-state index >= 15 is 0 Å². The van der Waals surface area contributed by atoms with Crippen LogP contribution in [0, 0.1) is 5.82 Å². The van der Waals surface area contributed by atoms with Crippen molar-refractivity contribution in [2.24, 2.45) is 0 Å². The van der Waals surface area contributed by atoms with Crippen molar-refractivity contribution in [3.8, 4) is 0 Å². The Kier molecular flexibility index (Phi) is 5.57. The minimum Gasteiger partial charge on any atom is -0.438 e. The standard InChI is InChI=1S/C17H18FN3O5S/c18-13-7-3-2-6-12(13)16(22)19-20-17(23)14-8-9-15(26-14)27(24,25)21-10-4-1-5-11-21/h2-3,6-9H,1,4-5,10-11H2,(H,19,22)(H,20,23). The molecule has 144 valence electrons. The van der Waals surface area contributed by atoms with Gasteiger partial charge < -0.3 is 4.42 Å². The van der Waals surface area contributed by atoms with Crippen molar-refractivity contribution in [3.05, 3.63) is 53.5 Å². The van der Waals surface area contributed by atoms with E-state index in [2.05, 4.69) is 10.9 Å². The number of hydrazine groups is 1. The summed E-state index contributed by atoms with van der Waals surface area (Å²) in [6.45, 7) is 0.812. The molecule has 0 spiro atoms. The van der Waals surface area contributed by atoms with Gasteiger partial charge in [0.2, 0.25) is 5.09 Å². The summed E-state index contributed by atoms with van der Waals surface area (Å²) in [6.07, 6.45) is 2.52. The van der Waals surface area contributed by atoms with Crippen molar-refractivity contribution in [3.63, 3.8) is 0 Å². The molecule has 1 aromatic carbocycles. The Morgan fingerprint density at radius 2 is 1.63 bits per heavy atom. The minimum absolute atomic E-state index is 0.245. The molecule has 3 rings (SSSR count). The Hall–Kier alpha value is -2.72. The zero-order valence-corrected chi connectivity index (χ0v) is 15.1. The number of sulfonamides is 1. The summed E-state index contributed by atoms with van der Waals surface area (Å²) >= 11 is 0. The second-order valence-corrected chi connectivity index (χ2v) is 7.84. The van der Waals surface area contributed by atoms with Gasteiger partial charge in [-0.1, -0.05) is 18.6 Å². The number of piperidine rings is 1. The third-order valence-electron chi connectivity index (χ3n) is 4.12. The molecule has 0 bridgehead atoms. The van der Waals surface area contributed by atoms with E-state index in [-0.39, 0.29) is 16.4 Å².